The second-order valence-corrected chi connectivity index (χ2v) is 3.37. The van der Waals surface area contributed by atoms with Crippen molar-refractivity contribution in [2.24, 2.45) is 5.92 Å². The van der Waals surface area contributed by atoms with Crippen LogP contribution in [0.5, 0.6) is 0 Å². The van der Waals surface area contributed by atoms with Crippen LogP contribution in [0.3, 0.4) is 0 Å². The van der Waals surface area contributed by atoms with Gasteiger partial charge in [0.25, 0.3) is 0 Å². The number of methoxy groups -OCH3 is 2. The van der Waals surface area contributed by atoms with Crippen molar-refractivity contribution in [3.8, 4) is 0 Å². The SMILES string of the molecule is COCCC1CNC(C(=O)OC)C1. The summed E-state index contributed by atoms with van der Waals surface area (Å²) in [5.74, 6) is 0.393. The van der Waals surface area contributed by atoms with Crippen molar-refractivity contribution in [2.75, 3.05) is 27.4 Å². The molecule has 1 aliphatic heterocycles. The van der Waals surface area contributed by atoms with Crippen molar-refractivity contribution in [3.05, 3.63) is 0 Å². The highest BCUT2D eigenvalue weighted by molar-refractivity contribution is 5.75. The summed E-state index contributed by atoms with van der Waals surface area (Å²) in [5, 5.41) is 3.14. The Kier molecular flexibility index (Phi) is 4.18. The minimum absolute atomic E-state index is 0.105. The van der Waals surface area contributed by atoms with Gasteiger partial charge in [0, 0.05) is 13.7 Å². The topological polar surface area (TPSA) is 47.6 Å². The normalized spacial score (nSPS) is 27.5. The van der Waals surface area contributed by atoms with Gasteiger partial charge in [0.1, 0.15) is 6.04 Å². The van der Waals surface area contributed by atoms with E-state index in [0.29, 0.717) is 5.92 Å². The average Bonchev–Trinajstić information content (AvgIpc) is 2.62. The Bertz CT molecular complexity index is 172. The molecule has 0 spiro atoms. The van der Waals surface area contributed by atoms with Crippen molar-refractivity contribution < 1.29 is 14.3 Å². The molecule has 4 nitrogen and oxygen atoms in total. The Balaban J connectivity index is 2.23. The van der Waals surface area contributed by atoms with Crippen LogP contribution in [0.15, 0.2) is 0 Å². The summed E-state index contributed by atoms with van der Waals surface area (Å²) in [6, 6.07) is -0.105. The van der Waals surface area contributed by atoms with Gasteiger partial charge in [-0.25, -0.2) is 0 Å². The van der Waals surface area contributed by atoms with Crippen LogP contribution in [0.1, 0.15) is 12.8 Å². The Morgan fingerprint density at radius 3 is 2.92 bits per heavy atom. The molecule has 0 radical (unpaired) electrons. The van der Waals surface area contributed by atoms with Crippen LogP contribution in [-0.2, 0) is 14.3 Å². The van der Waals surface area contributed by atoms with Crippen LogP contribution in [0.25, 0.3) is 0 Å². The molecule has 0 aromatic heterocycles. The summed E-state index contributed by atoms with van der Waals surface area (Å²) >= 11 is 0. The summed E-state index contributed by atoms with van der Waals surface area (Å²) in [6.07, 6.45) is 1.88. The Morgan fingerprint density at radius 1 is 1.54 bits per heavy atom. The van der Waals surface area contributed by atoms with Crippen LogP contribution in [0.4, 0.5) is 0 Å². The molecule has 0 bridgehead atoms. The zero-order valence-corrected chi connectivity index (χ0v) is 8.21. The maximum atomic E-state index is 11.1. The van der Waals surface area contributed by atoms with Crippen molar-refractivity contribution in [2.45, 2.75) is 18.9 Å². The van der Waals surface area contributed by atoms with Gasteiger partial charge < -0.3 is 14.8 Å². The van der Waals surface area contributed by atoms with E-state index in [1.807, 2.05) is 0 Å². The van der Waals surface area contributed by atoms with E-state index in [1.54, 1.807) is 7.11 Å². The third kappa shape index (κ3) is 2.97. The second-order valence-electron chi connectivity index (χ2n) is 3.37. The summed E-state index contributed by atoms with van der Waals surface area (Å²) in [7, 11) is 3.12. The molecule has 0 saturated carbocycles. The first-order valence-corrected chi connectivity index (χ1v) is 4.58. The molecular weight excluding hydrogens is 170 g/mol. The van der Waals surface area contributed by atoms with Crippen LogP contribution >= 0.6 is 0 Å². The van der Waals surface area contributed by atoms with Gasteiger partial charge in [-0.15, -0.1) is 0 Å². The number of hydrogen-bond acceptors (Lipinski definition) is 4. The van der Waals surface area contributed by atoms with Gasteiger partial charge in [-0.3, -0.25) is 4.79 Å². The van der Waals surface area contributed by atoms with E-state index < -0.39 is 0 Å². The molecule has 1 fully saturated rings. The van der Waals surface area contributed by atoms with E-state index in [0.717, 1.165) is 26.0 Å². The van der Waals surface area contributed by atoms with Crippen molar-refractivity contribution in [3.63, 3.8) is 0 Å². The zero-order chi connectivity index (χ0) is 9.68. The molecule has 0 aromatic carbocycles. The molecule has 76 valence electrons. The Labute approximate surface area is 78.6 Å². The van der Waals surface area contributed by atoms with Crippen molar-refractivity contribution in [1.29, 1.82) is 0 Å². The van der Waals surface area contributed by atoms with Gasteiger partial charge in [-0.1, -0.05) is 0 Å². The first kappa shape index (κ1) is 10.5. The van der Waals surface area contributed by atoms with Crippen molar-refractivity contribution in [1.82, 2.24) is 5.32 Å². The first-order valence-electron chi connectivity index (χ1n) is 4.58. The van der Waals surface area contributed by atoms with Crippen LogP contribution in [0, 0.1) is 5.92 Å². The van der Waals surface area contributed by atoms with E-state index in [-0.39, 0.29) is 12.0 Å². The number of carbonyl (C=O) groups excluding carboxylic acids is 1. The van der Waals surface area contributed by atoms with Gasteiger partial charge in [-0.05, 0) is 25.3 Å². The van der Waals surface area contributed by atoms with Gasteiger partial charge >= 0.3 is 5.97 Å². The van der Waals surface area contributed by atoms with Gasteiger partial charge in [0.15, 0.2) is 0 Å². The second kappa shape index (κ2) is 5.19. The monoisotopic (exact) mass is 187 g/mol. The fourth-order valence-corrected chi connectivity index (χ4v) is 1.64. The van der Waals surface area contributed by atoms with E-state index in [9.17, 15) is 4.79 Å². The number of carbonyl (C=O) groups is 1. The summed E-state index contributed by atoms with van der Waals surface area (Å²) in [6.45, 7) is 1.66. The summed E-state index contributed by atoms with van der Waals surface area (Å²) < 4.78 is 9.64. The smallest absolute Gasteiger partial charge is 0.322 e. The summed E-state index contributed by atoms with van der Waals surface area (Å²) in [5.41, 5.74) is 0. The van der Waals surface area contributed by atoms with E-state index in [1.165, 1.54) is 7.11 Å². The molecule has 1 saturated heterocycles. The van der Waals surface area contributed by atoms with Crippen LogP contribution < -0.4 is 5.32 Å². The predicted octanol–water partition coefficient (Wildman–Crippen LogP) is 0.174. The van der Waals surface area contributed by atoms with Crippen LogP contribution in [-0.4, -0.2) is 39.4 Å². The molecule has 1 rings (SSSR count). The third-order valence-electron chi connectivity index (χ3n) is 2.44. The zero-order valence-electron chi connectivity index (χ0n) is 8.21. The molecule has 1 aliphatic rings. The lowest BCUT2D eigenvalue weighted by molar-refractivity contribution is -0.142. The maximum Gasteiger partial charge on any atom is 0.322 e. The van der Waals surface area contributed by atoms with Crippen LogP contribution in [0.2, 0.25) is 0 Å². The fraction of sp³-hybridized carbons (Fsp3) is 0.889. The third-order valence-corrected chi connectivity index (χ3v) is 2.44. The molecule has 1 heterocycles. The largest absolute Gasteiger partial charge is 0.468 e. The molecular formula is C9H17NO3. The van der Waals surface area contributed by atoms with Gasteiger partial charge in [0.05, 0.1) is 7.11 Å². The van der Waals surface area contributed by atoms with E-state index >= 15 is 0 Å². The maximum absolute atomic E-state index is 11.1. The summed E-state index contributed by atoms with van der Waals surface area (Å²) in [4.78, 5) is 11.1. The van der Waals surface area contributed by atoms with E-state index in [4.69, 9.17) is 4.74 Å². The standard InChI is InChI=1S/C9H17NO3/c1-12-4-3-7-5-8(10-6-7)9(11)13-2/h7-8,10H,3-6H2,1-2H3. The highest BCUT2D eigenvalue weighted by Gasteiger charge is 2.29. The number of esters is 1. The van der Waals surface area contributed by atoms with Gasteiger partial charge in [-0.2, -0.15) is 0 Å². The lowest BCUT2D eigenvalue weighted by Crippen LogP contribution is -2.31. The quantitative estimate of drug-likeness (QED) is 0.637. The number of hydrogen-bond donors (Lipinski definition) is 1. The predicted molar refractivity (Wildman–Crippen MR) is 48.4 cm³/mol. The molecule has 13 heavy (non-hydrogen) atoms. The highest BCUT2D eigenvalue weighted by atomic mass is 16.5. The number of nitrogens with one attached hydrogen (secondary N) is 1. The molecule has 2 unspecified atom stereocenters. The molecule has 4 heteroatoms. The Morgan fingerprint density at radius 2 is 2.31 bits per heavy atom. The Hall–Kier alpha value is -0.610. The molecule has 0 aliphatic carbocycles. The highest BCUT2D eigenvalue weighted by Crippen LogP contribution is 2.18. The van der Waals surface area contributed by atoms with E-state index in [2.05, 4.69) is 10.1 Å². The lowest BCUT2D eigenvalue weighted by Gasteiger charge is -2.07. The minimum atomic E-state index is -0.153. The average molecular weight is 187 g/mol. The molecule has 1 N–H and O–H groups in total. The minimum Gasteiger partial charge on any atom is -0.468 e. The van der Waals surface area contributed by atoms with Gasteiger partial charge in [0.2, 0.25) is 0 Å². The molecule has 0 aromatic rings. The lowest BCUT2D eigenvalue weighted by atomic mass is 10.0. The molecule has 0 amide bonds. The number of rotatable bonds is 4. The van der Waals surface area contributed by atoms with Crippen molar-refractivity contribution >= 4 is 5.97 Å². The fourth-order valence-electron chi connectivity index (χ4n) is 1.64. The number of ether oxygens (including phenoxy) is 2. The first-order chi connectivity index (χ1) is 6.27. The molecule has 2 atom stereocenters.